The second-order valence-electron chi connectivity index (χ2n) is 8.56. The highest BCUT2D eigenvalue weighted by Crippen LogP contribution is 2.40. The van der Waals surface area contributed by atoms with E-state index in [0.717, 1.165) is 24.9 Å². The molecule has 2 rings (SSSR count). The van der Waals surface area contributed by atoms with Crippen molar-refractivity contribution in [2.75, 3.05) is 6.54 Å². The van der Waals surface area contributed by atoms with Gasteiger partial charge in [-0.25, -0.2) is 4.79 Å². The van der Waals surface area contributed by atoms with Crippen LogP contribution in [0.5, 0.6) is 0 Å². The van der Waals surface area contributed by atoms with Gasteiger partial charge in [0.25, 0.3) is 0 Å². The minimum atomic E-state index is -1.77. The Hall–Kier alpha value is -1.73. The number of rotatable bonds is 5. The second kappa shape index (κ2) is 9.46. The van der Waals surface area contributed by atoms with Crippen LogP contribution in [-0.2, 0) is 11.3 Å². The van der Waals surface area contributed by atoms with Crippen LogP contribution in [0.3, 0.4) is 0 Å². The number of amides is 1. The summed E-state index contributed by atoms with van der Waals surface area (Å²) in [5.41, 5.74) is 6.59. The highest BCUT2D eigenvalue weighted by Gasteiger charge is 2.42. The Balaban J connectivity index is 2.11. The predicted octanol–water partition coefficient (Wildman–Crippen LogP) is 6.01. The first-order chi connectivity index (χ1) is 12.8. The van der Waals surface area contributed by atoms with Gasteiger partial charge < -0.3 is 4.74 Å². The van der Waals surface area contributed by atoms with E-state index >= 15 is 0 Å². The third kappa shape index (κ3) is 4.96. The van der Waals surface area contributed by atoms with Crippen molar-refractivity contribution < 1.29 is 9.53 Å². The van der Waals surface area contributed by atoms with Gasteiger partial charge >= 0.3 is 6.09 Å². The van der Waals surface area contributed by atoms with Crippen molar-refractivity contribution in [1.29, 1.82) is 0 Å². The van der Waals surface area contributed by atoms with Crippen LogP contribution < -0.4 is 0 Å². The molecular weight excluding hydrogens is 350 g/mol. The number of hydrogen-bond donors (Lipinski definition) is 0. The quantitative estimate of drug-likeness (QED) is 0.459. The van der Waals surface area contributed by atoms with Crippen molar-refractivity contribution in [1.82, 2.24) is 4.90 Å². The van der Waals surface area contributed by atoms with Gasteiger partial charge in [-0.1, -0.05) is 77.8 Å². The van der Waals surface area contributed by atoms with E-state index < -0.39 is 8.07 Å². The molecule has 0 aromatic heterocycles. The summed E-state index contributed by atoms with van der Waals surface area (Å²) < 4.78 is 5.55. The Morgan fingerprint density at radius 2 is 1.70 bits per heavy atom. The van der Waals surface area contributed by atoms with Crippen LogP contribution in [0.2, 0.25) is 16.6 Å². The fourth-order valence-electron chi connectivity index (χ4n) is 4.58. The first-order valence-electron chi connectivity index (χ1n) is 10.3. The summed E-state index contributed by atoms with van der Waals surface area (Å²) in [5.74, 6) is 3.53. The van der Waals surface area contributed by atoms with Gasteiger partial charge in [0, 0.05) is 6.54 Å². The summed E-state index contributed by atoms with van der Waals surface area (Å²) >= 11 is 0. The van der Waals surface area contributed by atoms with E-state index in [1.807, 2.05) is 35.2 Å². The number of benzene rings is 1. The van der Waals surface area contributed by atoms with Gasteiger partial charge in [0.2, 0.25) is 0 Å². The lowest BCUT2D eigenvalue weighted by Gasteiger charge is -2.38. The molecule has 0 spiro atoms. The molecule has 27 heavy (non-hydrogen) atoms. The second-order valence-corrected chi connectivity index (χ2v) is 14.1. The van der Waals surface area contributed by atoms with Gasteiger partial charge in [-0.3, -0.25) is 4.90 Å². The maximum absolute atomic E-state index is 12.6. The fourth-order valence-corrected chi connectivity index (χ4v) is 9.86. The molecule has 0 aliphatic carbocycles. The molecule has 1 atom stereocenters. The van der Waals surface area contributed by atoms with E-state index in [0.29, 0.717) is 23.2 Å². The Kier molecular flexibility index (Phi) is 7.56. The molecule has 0 radical (unpaired) electrons. The molecule has 0 N–H and O–H groups in total. The largest absolute Gasteiger partial charge is 0.445 e. The minimum absolute atomic E-state index is 0.00333. The van der Waals surface area contributed by atoms with Crippen molar-refractivity contribution in [3.63, 3.8) is 0 Å². The van der Waals surface area contributed by atoms with Gasteiger partial charge in [-0.15, -0.1) is 5.54 Å². The summed E-state index contributed by atoms with van der Waals surface area (Å²) in [4.78, 5) is 14.4. The summed E-state index contributed by atoms with van der Waals surface area (Å²) in [6.07, 6.45) is 1.72. The van der Waals surface area contributed by atoms with Gasteiger partial charge in [0.1, 0.15) is 14.7 Å². The van der Waals surface area contributed by atoms with E-state index in [9.17, 15) is 4.79 Å². The number of carbonyl (C=O) groups excluding carboxylic acids is 1. The van der Waals surface area contributed by atoms with Crippen LogP contribution in [0.1, 0.15) is 59.9 Å². The number of ether oxygens (including phenoxy) is 1. The summed E-state index contributed by atoms with van der Waals surface area (Å²) in [6, 6.07) is 9.83. The zero-order chi connectivity index (χ0) is 20.0. The third-order valence-electron chi connectivity index (χ3n) is 6.01. The first-order valence-corrected chi connectivity index (χ1v) is 12.5. The lowest BCUT2D eigenvalue weighted by atomic mass is 10.2. The molecule has 0 saturated carbocycles. The summed E-state index contributed by atoms with van der Waals surface area (Å²) in [6.45, 7) is 15.0. The molecule has 1 unspecified atom stereocenters. The highest BCUT2D eigenvalue weighted by molar-refractivity contribution is 6.90. The molecule has 4 heteroatoms. The highest BCUT2D eigenvalue weighted by atomic mass is 28.3. The molecule has 0 bridgehead atoms. The van der Waals surface area contributed by atoms with Gasteiger partial charge in [0.15, 0.2) is 0 Å². The van der Waals surface area contributed by atoms with Crippen molar-refractivity contribution in [3.05, 3.63) is 35.9 Å². The summed E-state index contributed by atoms with van der Waals surface area (Å²) in [5, 5.41) is 0. The molecule has 1 amide bonds. The van der Waals surface area contributed by atoms with Gasteiger partial charge in [-0.2, -0.15) is 0 Å². The van der Waals surface area contributed by atoms with E-state index in [1.165, 1.54) is 0 Å². The maximum Gasteiger partial charge on any atom is 0.411 e. The SMILES string of the molecule is CC(C)[Si](C#CC1CCCN1C(=O)OCc1ccccc1)(C(C)C)C(C)C. The van der Waals surface area contributed by atoms with Crippen LogP contribution in [0.25, 0.3) is 0 Å². The number of hydrogen-bond acceptors (Lipinski definition) is 2. The van der Waals surface area contributed by atoms with Crippen LogP contribution >= 0.6 is 0 Å². The molecule has 1 aromatic rings. The monoisotopic (exact) mass is 385 g/mol. The molecule has 148 valence electrons. The maximum atomic E-state index is 12.6. The molecule has 1 aromatic carbocycles. The minimum Gasteiger partial charge on any atom is -0.445 e. The fraction of sp³-hybridized carbons (Fsp3) is 0.609. The normalized spacial score (nSPS) is 17.4. The summed E-state index contributed by atoms with van der Waals surface area (Å²) in [7, 11) is -1.77. The average Bonchev–Trinajstić information content (AvgIpc) is 3.09. The van der Waals surface area contributed by atoms with Crippen LogP contribution in [0.4, 0.5) is 4.79 Å². The van der Waals surface area contributed by atoms with Gasteiger partial charge in [-0.05, 0) is 35.0 Å². The first kappa shape index (κ1) is 21.6. The lowest BCUT2D eigenvalue weighted by molar-refractivity contribution is 0.0984. The van der Waals surface area contributed by atoms with Crippen LogP contribution in [0, 0.1) is 11.5 Å². The molecule has 3 nitrogen and oxygen atoms in total. The molecule has 1 aliphatic rings. The van der Waals surface area contributed by atoms with Gasteiger partial charge in [0.05, 0.1) is 6.04 Å². The van der Waals surface area contributed by atoms with E-state index in [2.05, 4.69) is 53.0 Å². The average molecular weight is 386 g/mol. The number of likely N-dealkylation sites (tertiary alicyclic amines) is 1. The Morgan fingerprint density at radius 1 is 1.11 bits per heavy atom. The number of carbonyl (C=O) groups is 1. The Morgan fingerprint density at radius 3 is 2.26 bits per heavy atom. The topological polar surface area (TPSA) is 29.5 Å². The molecular formula is C23H35NO2Si. The van der Waals surface area contributed by atoms with Crippen molar-refractivity contribution in [2.24, 2.45) is 0 Å². The Labute approximate surface area is 166 Å². The zero-order valence-corrected chi connectivity index (χ0v) is 18.8. The van der Waals surface area contributed by atoms with Crippen LogP contribution in [-0.4, -0.2) is 31.7 Å². The third-order valence-corrected chi connectivity index (χ3v) is 12.3. The van der Waals surface area contributed by atoms with E-state index in [1.54, 1.807) is 0 Å². The molecule has 1 heterocycles. The standard InChI is InChI=1S/C23H35NO2Si/c1-18(2)27(19(3)4,20(5)6)16-14-22-13-10-15-24(22)23(25)26-17-21-11-8-7-9-12-21/h7-9,11-12,18-20,22H,10,13,15,17H2,1-6H3. The zero-order valence-electron chi connectivity index (χ0n) is 17.8. The number of nitrogens with zero attached hydrogens (tertiary/aromatic N) is 1. The van der Waals surface area contributed by atoms with E-state index in [-0.39, 0.29) is 12.1 Å². The predicted molar refractivity (Wildman–Crippen MR) is 115 cm³/mol. The van der Waals surface area contributed by atoms with E-state index in [4.69, 9.17) is 4.74 Å². The molecule has 1 fully saturated rings. The smallest absolute Gasteiger partial charge is 0.411 e. The Bertz CT molecular complexity index is 651. The van der Waals surface area contributed by atoms with Crippen molar-refractivity contribution in [3.8, 4) is 11.5 Å². The van der Waals surface area contributed by atoms with Crippen molar-refractivity contribution in [2.45, 2.75) is 83.7 Å². The van der Waals surface area contributed by atoms with Crippen molar-refractivity contribution >= 4 is 14.2 Å². The lowest BCUT2D eigenvalue weighted by Crippen LogP contribution is -2.44. The van der Waals surface area contributed by atoms with Crippen LogP contribution in [0.15, 0.2) is 30.3 Å². The molecule has 1 aliphatic heterocycles. The molecule has 1 saturated heterocycles.